The molecular weight excluding hydrogens is 330 g/mol. The maximum atomic E-state index is 12.6. The van der Waals surface area contributed by atoms with Gasteiger partial charge in [0.2, 0.25) is 11.5 Å². The molecule has 2 amide bonds. The maximum Gasteiger partial charge on any atom is 0.255 e. The second-order valence-corrected chi connectivity index (χ2v) is 6.63. The van der Waals surface area contributed by atoms with Gasteiger partial charge >= 0.3 is 0 Å². The molecule has 0 unspecified atom stereocenters. The van der Waals surface area contributed by atoms with Gasteiger partial charge in [-0.1, -0.05) is 30.3 Å². The molecule has 0 bridgehead atoms. The molecule has 6 nitrogen and oxygen atoms in total. The van der Waals surface area contributed by atoms with Gasteiger partial charge in [-0.15, -0.1) is 0 Å². The summed E-state index contributed by atoms with van der Waals surface area (Å²) in [7, 11) is 1.62. The van der Waals surface area contributed by atoms with Crippen LogP contribution in [0.5, 0.6) is 0 Å². The summed E-state index contributed by atoms with van der Waals surface area (Å²) in [5.74, 6) is -0.320. The molecule has 1 N–H and O–H groups in total. The first-order valence-electron chi connectivity index (χ1n) is 8.82. The van der Waals surface area contributed by atoms with Gasteiger partial charge in [-0.3, -0.25) is 14.4 Å². The minimum atomic E-state index is -0.178. The third kappa shape index (κ3) is 4.20. The summed E-state index contributed by atoms with van der Waals surface area (Å²) in [6.07, 6.45) is 2.99. The van der Waals surface area contributed by atoms with Crippen LogP contribution < -0.4 is 10.9 Å². The van der Waals surface area contributed by atoms with E-state index in [0.717, 1.165) is 6.42 Å². The molecule has 6 heteroatoms. The lowest BCUT2D eigenvalue weighted by Crippen LogP contribution is -2.35. The van der Waals surface area contributed by atoms with Gasteiger partial charge in [-0.25, -0.2) is 0 Å². The van der Waals surface area contributed by atoms with E-state index in [1.165, 1.54) is 28.5 Å². The zero-order valence-electron chi connectivity index (χ0n) is 14.9. The lowest BCUT2D eigenvalue weighted by Gasteiger charge is -2.17. The number of likely N-dealkylation sites (tertiary alicyclic amines) is 1. The number of hydrogen-bond donors (Lipinski definition) is 1. The highest BCUT2D eigenvalue weighted by Gasteiger charge is 2.31. The zero-order chi connectivity index (χ0) is 18.5. The van der Waals surface area contributed by atoms with Crippen molar-refractivity contribution in [2.75, 3.05) is 19.6 Å². The van der Waals surface area contributed by atoms with Crippen LogP contribution in [0, 0.1) is 5.92 Å². The molecule has 26 heavy (non-hydrogen) atoms. The van der Waals surface area contributed by atoms with Crippen LogP contribution in [0.3, 0.4) is 0 Å². The van der Waals surface area contributed by atoms with Gasteiger partial charge in [0.1, 0.15) is 0 Å². The molecule has 0 radical (unpaired) electrons. The number of rotatable bonds is 5. The summed E-state index contributed by atoms with van der Waals surface area (Å²) in [6.45, 7) is 1.56. The van der Waals surface area contributed by atoms with Gasteiger partial charge in [0, 0.05) is 38.9 Å². The van der Waals surface area contributed by atoms with E-state index in [0.29, 0.717) is 31.6 Å². The van der Waals surface area contributed by atoms with Crippen LogP contribution in [-0.2, 0) is 18.3 Å². The van der Waals surface area contributed by atoms with E-state index in [1.807, 2.05) is 30.3 Å². The SMILES string of the molecule is Cn1cc(C(=O)N2CC[C@@H](C(=O)NCCc3ccccc3)C2)ccc1=O. The summed E-state index contributed by atoms with van der Waals surface area (Å²) in [4.78, 5) is 38.0. The van der Waals surface area contributed by atoms with Gasteiger partial charge in [0.15, 0.2) is 0 Å². The van der Waals surface area contributed by atoms with Crippen molar-refractivity contribution in [1.29, 1.82) is 0 Å². The molecule has 3 rings (SSSR count). The first-order valence-corrected chi connectivity index (χ1v) is 8.82. The second kappa shape index (κ2) is 7.99. The van der Waals surface area contributed by atoms with Crippen molar-refractivity contribution in [1.82, 2.24) is 14.8 Å². The summed E-state index contributed by atoms with van der Waals surface area (Å²) >= 11 is 0. The molecule has 136 valence electrons. The highest BCUT2D eigenvalue weighted by molar-refractivity contribution is 5.94. The van der Waals surface area contributed by atoms with E-state index >= 15 is 0 Å². The third-order valence-electron chi connectivity index (χ3n) is 4.73. The monoisotopic (exact) mass is 353 g/mol. The van der Waals surface area contributed by atoms with Crippen LogP contribution in [0.15, 0.2) is 53.5 Å². The quantitative estimate of drug-likeness (QED) is 0.878. The van der Waals surface area contributed by atoms with E-state index < -0.39 is 0 Å². The molecule has 1 atom stereocenters. The van der Waals surface area contributed by atoms with Crippen molar-refractivity contribution in [2.24, 2.45) is 13.0 Å². The van der Waals surface area contributed by atoms with E-state index in [1.54, 1.807) is 11.9 Å². The fourth-order valence-corrected chi connectivity index (χ4v) is 3.18. The summed E-state index contributed by atoms with van der Waals surface area (Å²) in [5.41, 5.74) is 1.50. The number of nitrogens with one attached hydrogen (secondary N) is 1. The average Bonchev–Trinajstić information content (AvgIpc) is 3.14. The molecule has 1 aromatic carbocycles. The minimum absolute atomic E-state index is 0.00306. The van der Waals surface area contributed by atoms with E-state index in [-0.39, 0.29) is 23.3 Å². The lowest BCUT2D eigenvalue weighted by molar-refractivity contribution is -0.124. The van der Waals surface area contributed by atoms with Crippen LogP contribution in [0.1, 0.15) is 22.3 Å². The van der Waals surface area contributed by atoms with Crippen LogP contribution in [0.2, 0.25) is 0 Å². The highest BCUT2D eigenvalue weighted by Crippen LogP contribution is 2.18. The predicted molar refractivity (Wildman–Crippen MR) is 98.8 cm³/mol. The number of amides is 2. The van der Waals surface area contributed by atoms with Gasteiger partial charge in [-0.05, 0) is 24.5 Å². The number of benzene rings is 1. The van der Waals surface area contributed by atoms with Crippen LogP contribution in [0.4, 0.5) is 0 Å². The Hall–Kier alpha value is -2.89. The zero-order valence-corrected chi connectivity index (χ0v) is 14.9. The first kappa shape index (κ1) is 17.9. The maximum absolute atomic E-state index is 12.6. The number of carbonyl (C=O) groups excluding carboxylic acids is 2. The molecule has 1 fully saturated rings. The number of carbonyl (C=O) groups is 2. The first-order chi connectivity index (χ1) is 12.5. The summed E-state index contributed by atoms with van der Waals surface area (Å²) < 4.78 is 1.39. The van der Waals surface area contributed by atoms with Gasteiger partial charge < -0.3 is 14.8 Å². The van der Waals surface area contributed by atoms with E-state index in [4.69, 9.17) is 0 Å². The van der Waals surface area contributed by atoms with E-state index in [9.17, 15) is 14.4 Å². The summed E-state index contributed by atoms with van der Waals surface area (Å²) in [6, 6.07) is 12.9. The topological polar surface area (TPSA) is 71.4 Å². The average molecular weight is 353 g/mol. The van der Waals surface area contributed by atoms with E-state index in [2.05, 4.69) is 5.32 Å². The Morgan fingerprint density at radius 3 is 2.65 bits per heavy atom. The Morgan fingerprint density at radius 2 is 1.92 bits per heavy atom. The number of pyridine rings is 1. The van der Waals surface area contributed by atoms with Crippen molar-refractivity contribution in [2.45, 2.75) is 12.8 Å². The molecule has 1 aromatic heterocycles. The third-order valence-corrected chi connectivity index (χ3v) is 4.73. The lowest BCUT2D eigenvalue weighted by atomic mass is 10.1. The summed E-state index contributed by atoms with van der Waals surface area (Å²) in [5, 5.41) is 2.97. The van der Waals surface area contributed by atoms with Crippen molar-refractivity contribution in [3.05, 3.63) is 70.1 Å². The standard InChI is InChI=1S/C20H23N3O3/c1-22-13-17(7-8-18(22)24)20(26)23-12-10-16(14-23)19(25)21-11-9-15-5-3-2-4-6-15/h2-8,13,16H,9-12,14H2,1H3,(H,21,25)/t16-/m1/s1. The van der Waals surface area contributed by atoms with Crippen molar-refractivity contribution in [3.63, 3.8) is 0 Å². The van der Waals surface area contributed by atoms with Crippen LogP contribution in [0.25, 0.3) is 0 Å². The predicted octanol–water partition coefficient (Wildman–Crippen LogP) is 1.21. The smallest absolute Gasteiger partial charge is 0.255 e. The Kier molecular flexibility index (Phi) is 5.51. The van der Waals surface area contributed by atoms with Gasteiger partial charge in [-0.2, -0.15) is 0 Å². The Labute approximate surface area is 152 Å². The molecule has 0 saturated carbocycles. The molecule has 1 saturated heterocycles. The van der Waals surface area contributed by atoms with Gasteiger partial charge in [0.25, 0.3) is 5.91 Å². The molecule has 2 aromatic rings. The second-order valence-electron chi connectivity index (χ2n) is 6.63. The Morgan fingerprint density at radius 1 is 1.15 bits per heavy atom. The minimum Gasteiger partial charge on any atom is -0.355 e. The Balaban J connectivity index is 1.51. The fourth-order valence-electron chi connectivity index (χ4n) is 3.18. The molecule has 1 aliphatic rings. The van der Waals surface area contributed by atoms with Crippen molar-refractivity contribution < 1.29 is 9.59 Å². The normalized spacial score (nSPS) is 16.5. The van der Waals surface area contributed by atoms with Gasteiger partial charge in [0.05, 0.1) is 11.5 Å². The molecule has 0 spiro atoms. The number of hydrogen-bond acceptors (Lipinski definition) is 3. The van der Waals surface area contributed by atoms with Crippen molar-refractivity contribution in [3.8, 4) is 0 Å². The number of nitrogens with zero attached hydrogens (tertiary/aromatic N) is 2. The largest absolute Gasteiger partial charge is 0.355 e. The number of aryl methyl sites for hydroxylation is 1. The molecular formula is C20H23N3O3. The Bertz CT molecular complexity index is 845. The number of aromatic nitrogens is 1. The molecule has 1 aliphatic heterocycles. The van der Waals surface area contributed by atoms with Crippen molar-refractivity contribution >= 4 is 11.8 Å². The van der Waals surface area contributed by atoms with Crippen LogP contribution in [-0.4, -0.2) is 40.9 Å². The molecule has 0 aliphatic carbocycles. The van der Waals surface area contributed by atoms with Crippen LogP contribution >= 0.6 is 0 Å². The molecule has 2 heterocycles. The highest BCUT2D eigenvalue weighted by atomic mass is 16.2. The fraction of sp³-hybridized carbons (Fsp3) is 0.350.